The van der Waals surface area contributed by atoms with Crippen LogP contribution in [0.4, 0.5) is 4.39 Å². The highest BCUT2D eigenvalue weighted by Crippen LogP contribution is 2.21. The van der Waals surface area contributed by atoms with Crippen molar-refractivity contribution in [2.45, 2.75) is 11.5 Å². The van der Waals surface area contributed by atoms with E-state index in [9.17, 15) is 22.4 Å². The van der Waals surface area contributed by atoms with Crippen molar-refractivity contribution >= 4 is 22.0 Å². The monoisotopic (exact) mass is 437 g/mol. The van der Waals surface area contributed by atoms with Crippen LogP contribution in [-0.4, -0.2) is 58.1 Å². The lowest BCUT2D eigenvalue weighted by Crippen LogP contribution is -2.40. The number of sulfonamides is 1. The molecule has 0 atom stereocenters. The molecule has 1 fully saturated rings. The first-order valence-electron chi connectivity index (χ1n) is 9.05. The average Bonchev–Trinajstić information content (AvgIpc) is 2.78. The van der Waals surface area contributed by atoms with E-state index in [0.29, 0.717) is 11.1 Å². The van der Waals surface area contributed by atoms with E-state index in [1.54, 1.807) is 12.1 Å². The normalized spacial score (nSPS) is 14.9. The lowest BCUT2D eigenvalue weighted by atomic mass is 10.1. The van der Waals surface area contributed by atoms with Crippen LogP contribution in [0, 0.1) is 5.82 Å². The van der Waals surface area contributed by atoms with Gasteiger partial charge in [-0.15, -0.1) is 0 Å². The Balaban J connectivity index is 1.73. The fraction of sp³-hybridized carbons (Fsp3) is 0.300. The molecule has 1 aliphatic rings. The maximum absolute atomic E-state index is 14.2. The van der Waals surface area contributed by atoms with Crippen LogP contribution in [0.2, 0.25) is 0 Å². The first-order valence-corrected chi connectivity index (χ1v) is 10.5. The Hall–Kier alpha value is -2.82. The van der Waals surface area contributed by atoms with Crippen molar-refractivity contribution in [3.8, 4) is 0 Å². The number of halogens is 1. The summed E-state index contributed by atoms with van der Waals surface area (Å²) >= 11 is 0. The van der Waals surface area contributed by atoms with Gasteiger partial charge in [0.05, 0.1) is 36.3 Å². The Bertz CT molecular complexity index is 1030. The molecule has 1 saturated heterocycles. The van der Waals surface area contributed by atoms with Gasteiger partial charge in [-0.25, -0.2) is 22.4 Å². The van der Waals surface area contributed by atoms with Crippen LogP contribution in [0.15, 0.2) is 47.4 Å². The van der Waals surface area contributed by atoms with E-state index in [2.05, 4.69) is 4.74 Å². The first-order chi connectivity index (χ1) is 14.3. The minimum absolute atomic E-state index is 0.180. The van der Waals surface area contributed by atoms with Crippen LogP contribution in [0.1, 0.15) is 26.3 Å². The summed E-state index contributed by atoms with van der Waals surface area (Å²) in [6.07, 6.45) is 0. The van der Waals surface area contributed by atoms with Gasteiger partial charge in [0.15, 0.2) is 0 Å². The van der Waals surface area contributed by atoms with Gasteiger partial charge in [0.25, 0.3) is 0 Å². The molecule has 1 heterocycles. The van der Waals surface area contributed by atoms with Crippen LogP contribution in [0.5, 0.6) is 0 Å². The lowest BCUT2D eigenvalue weighted by Gasteiger charge is -2.26. The van der Waals surface area contributed by atoms with E-state index in [4.69, 9.17) is 9.47 Å². The third kappa shape index (κ3) is 4.84. The number of carbonyl (C=O) groups is 2. The molecule has 0 aliphatic carbocycles. The molecule has 10 heteroatoms. The summed E-state index contributed by atoms with van der Waals surface area (Å²) in [6, 6.07) is 9.15. The molecule has 0 spiro atoms. The molecule has 160 valence electrons. The predicted octanol–water partition coefficient (Wildman–Crippen LogP) is 1.99. The molecule has 0 unspecified atom stereocenters. The summed E-state index contributed by atoms with van der Waals surface area (Å²) in [4.78, 5) is 23.6. The molecule has 0 N–H and O–H groups in total. The van der Waals surface area contributed by atoms with Gasteiger partial charge in [-0.2, -0.15) is 4.31 Å². The van der Waals surface area contributed by atoms with E-state index < -0.39 is 33.3 Å². The smallest absolute Gasteiger partial charge is 0.341 e. The molecule has 2 aromatic carbocycles. The second-order valence-corrected chi connectivity index (χ2v) is 8.36. The summed E-state index contributed by atoms with van der Waals surface area (Å²) < 4.78 is 55.7. The van der Waals surface area contributed by atoms with Gasteiger partial charge in [-0.05, 0) is 35.9 Å². The molecule has 3 rings (SSSR count). The molecular formula is C20H20FNO7S. The SMILES string of the molecule is COC(=O)c1ccc(COC(=O)c2cc(S(=O)(=O)N3CCOCC3)ccc2F)cc1. The molecular weight excluding hydrogens is 417 g/mol. The van der Waals surface area contributed by atoms with E-state index in [1.165, 1.54) is 23.5 Å². The standard InChI is InChI=1S/C20H20FNO7S/c1-27-19(23)15-4-2-14(3-5-15)13-29-20(24)17-12-16(6-7-18(17)21)30(25,26)22-8-10-28-11-9-22/h2-7,12H,8-11,13H2,1H3. The first kappa shape index (κ1) is 21.9. The summed E-state index contributed by atoms with van der Waals surface area (Å²) in [5.74, 6) is -2.38. The molecule has 0 radical (unpaired) electrons. The zero-order chi connectivity index (χ0) is 21.7. The molecule has 8 nitrogen and oxygen atoms in total. The molecule has 2 aromatic rings. The zero-order valence-electron chi connectivity index (χ0n) is 16.2. The van der Waals surface area contributed by atoms with Crippen LogP contribution >= 0.6 is 0 Å². The van der Waals surface area contributed by atoms with Gasteiger partial charge in [0.2, 0.25) is 10.0 Å². The van der Waals surface area contributed by atoms with Crippen molar-refractivity contribution in [1.82, 2.24) is 4.31 Å². The molecule has 1 aliphatic heterocycles. The Morgan fingerprint density at radius 2 is 1.73 bits per heavy atom. The quantitative estimate of drug-likeness (QED) is 0.637. The molecule has 30 heavy (non-hydrogen) atoms. The fourth-order valence-electron chi connectivity index (χ4n) is 2.84. The number of carbonyl (C=O) groups excluding carboxylic acids is 2. The third-order valence-electron chi connectivity index (χ3n) is 4.51. The number of ether oxygens (including phenoxy) is 3. The second kappa shape index (κ2) is 9.33. The van der Waals surface area contributed by atoms with E-state index in [1.807, 2.05) is 0 Å². The largest absolute Gasteiger partial charge is 0.465 e. The van der Waals surface area contributed by atoms with Crippen molar-refractivity contribution in [1.29, 1.82) is 0 Å². The minimum atomic E-state index is -3.88. The lowest BCUT2D eigenvalue weighted by molar-refractivity contribution is 0.0465. The zero-order valence-corrected chi connectivity index (χ0v) is 17.0. The molecule has 0 saturated carbocycles. The highest BCUT2D eigenvalue weighted by Gasteiger charge is 2.28. The number of methoxy groups -OCH3 is 1. The second-order valence-electron chi connectivity index (χ2n) is 6.42. The van der Waals surface area contributed by atoms with E-state index in [0.717, 1.165) is 18.2 Å². The highest BCUT2D eigenvalue weighted by molar-refractivity contribution is 7.89. The summed E-state index contributed by atoms with van der Waals surface area (Å²) in [5.41, 5.74) is 0.420. The van der Waals surface area contributed by atoms with Crippen molar-refractivity contribution in [2.24, 2.45) is 0 Å². The average molecular weight is 437 g/mol. The Morgan fingerprint density at radius 3 is 2.37 bits per heavy atom. The minimum Gasteiger partial charge on any atom is -0.465 e. The van der Waals surface area contributed by atoms with Gasteiger partial charge in [-0.3, -0.25) is 0 Å². The van der Waals surface area contributed by atoms with Gasteiger partial charge in [0, 0.05) is 13.1 Å². The Kier molecular flexibility index (Phi) is 6.80. The van der Waals surface area contributed by atoms with E-state index >= 15 is 0 Å². The van der Waals surface area contributed by atoms with Crippen LogP contribution in [-0.2, 0) is 30.8 Å². The topological polar surface area (TPSA) is 99.2 Å². The molecule has 0 aromatic heterocycles. The van der Waals surface area contributed by atoms with Crippen molar-refractivity contribution in [2.75, 3.05) is 33.4 Å². The number of esters is 2. The van der Waals surface area contributed by atoms with Crippen LogP contribution in [0.3, 0.4) is 0 Å². The maximum Gasteiger partial charge on any atom is 0.341 e. The number of benzene rings is 2. The summed E-state index contributed by atoms with van der Waals surface area (Å²) in [6.45, 7) is 0.719. The summed E-state index contributed by atoms with van der Waals surface area (Å²) in [5, 5.41) is 0. The number of hydrogen-bond acceptors (Lipinski definition) is 7. The van der Waals surface area contributed by atoms with Crippen molar-refractivity contribution in [3.63, 3.8) is 0 Å². The number of hydrogen-bond donors (Lipinski definition) is 0. The van der Waals surface area contributed by atoms with Crippen molar-refractivity contribution in [3.05, 3.63) is 65.0 Å². The third-order valence-corrected chi connectivity index (χ3v) is 6.41. The Morgan fingerprint density at radius 1 is 1.07 bits per heavy atom. The predicted molar refractivity (Wildman–Crippen MR) is 103 cm³/mol. The van der Waals surface area contributed by atoms with E-state index in [-0.39, 0.29) is 37.8 Å². The molecule has 0 amide bonds. The van der Waals surface area contributed by atoms with Gasteiger partial charge < -0.3 is 14.2 Å². The number of nitrogens with zero attached hydrogens (tertiary/aromatic N) is 1. The maximum atomic E-state index is 14.2. The number of morpholine rings is 1. The summed E-state index contributed by atoms with van der Waals surface area (Å²) in [7, 11) is -2.62. The fourth-order valence-corrected chi connectivity index (χ4v) is 4.27. The molecule has 0 bridgehead atoms. The van der Waals surface area contributed by atoms with Crippen molar-refractivity contribution < 1.29 is 36.6 Å². The van der Waals surface area contributed by atoms with Gasteiger partial charge in [-0.1, -0.05) is 12.1 Å². The van der Waals surface area contributed by atoms with Crippen LogP contribution < -0.4 is 0 Å². The van der Waals surface area contributed by atoms with Crippen LogP contribution in [0.25, 0.3) is 0 Å². The van der Waals surface area contributed by atoms with Gasteiger partial charge in [0.1, 0.15) is 12.4 Å². The van der Waals surface area contributed by atoms with Gasteiger partial charge >= 0.3 is 11.9 Å². The number of rotatable bonds is 6. The Labute approximate surface area is 173 Å². The highest BCUT2D eigenvalue weighted by atomic mass is 32.2.